The minimum absolute atomic E-state index is 0.458. The van der Waals surface area contributed by atoms with Crippen molar-refractivity contribution in [3.8, 4) is 5.75 Å². The van der Waals surface area contributed by atoms with Crippen molar-refractivity contribution >= 4 is 10.0 Å². The molecule has 0 N–H and O–H groups in total. The lowest BCUT2D eigenvalue weighted by Crippen LogP contribution is -2.34. The summed E-state index contributed by atoms with van der Waals surface area (Å²) >= 11 is 0. The van der Waals surface area contributed by atoms with Gasteiger partial charge in [-0.1, -0.05) is 6.92 Å². The maximum absolute atomic E-state index is 13.2. The fourth-order valence-electron chi connectivity index (χ4n) is 2.91. The van der Waals surface area contributed by atoms with Crippen LogP contribution in [-0.4, -0.2) is 32.9 Å². The van der Waals surface area contributed by atoms with Gasteiger partial charge in [0.15, 0.2) is 0 Å². The second-order valence-electron chi connectivity index (χ2n) is 6.28. The third kappa shape index (κ3) is 3.30. The Balaban J connectivity index is 2.49. The van der Waals surface area contributed by atoms with Gasteiger partial charge in [0.2, 0.25) is 10.0 Å². The van der Waals surface area contributed by atoms with Gasteiger partial charge in [0, 0.05) is 13.1 Å². The predicted octanol–water partition coefficient (Wildman–Crippen LogP) is 3.43. The van der Waals surface area contributed by atoms with Crippen LogP contribution >= 0.6 is 0 Å². The Hall–Kier alpha value is -1.07. The first-order chi connectivity index (χ1) is 10.3. The van der Waals surface area contributed by atoms with Crippen molar-refractivity contribution in [2.75, 3.05) is 20.2 Å². The van der Waals surface area contributed by atoms with E-state index < -0.39 is 10.0 Å². The number of hydrogen-bond acceptors (Lipinski definition) is 3. The Morgan fingerprint density at radius 3 is 2.36 bits per heavy atom. The molecule has 1 aromatic carbocycles. The van der Waals surface area contributed by atoms with Crippen LogP contribution in [-0.2, 0) is 10.0 Å². The largest absolute Gasteiger partial charge is 0.496 e. The smallest absolute Gasteiger partial charge is 0.243 e. The Bertz CT molecular complexity index is 648. The van der Waals surface area contributed by atoms with Gasteiger partial charge in [0.05, 0.1) is 12.0 Å². The molecule has 124 valence electrons. The van der Waals surface area contributed by atoms with Crippen molar-refractivity contribution in [1.82, 2.24) is 4.31 Å². The Morgan fingerprint density at radius 1 is 1.23 bits per heavy atom. The number of benzene rings is 1. The lowest BCUT2D eigenvalue weighted by molar-refractivity contribution is 0.394. The van der Waals surface area contributed by atoms with Crippen LogP contribution in [0.2, 0.25) is 0 Å². The van der Waals surface area contributed by atoms with Gasteiger partial charge in [0.25, 0.3) is 0 Å². The number of hydrogen-bond donors (Lipinski definition) is 0. The summed E-state index contributed by atoms with van der Waals surface area (Å²) in [5.41, 5.74) is 2.46. The third-order valence-corrected chi connectivity index (χ3v) is 6.58. The third-order valence-electron chi connectivity index (χ3n) is 4.43. The van der Waals surface area contributed by atoms with Gasteiger partial charge in [-0.05, 0) is 68.7 Å². The predicted molar refractivity (Wildman–Crippen MR) is 89.0 cm³/mol. The van der Waals surface area contributed by atoms with Crippen LogP contribution in [0.1, 0.15) is 42.9 Å². The second kappa shape index (κ2) is 6.59. The normalized spacial score (nSPS) is 15.4. The fourth-order valence-corrected chi connectivity index (χ4v) is 5.00. The van der Waals surface area contributed by atoms with Crippen molar-refractivity contribution in [3.63, 3.8) is 0 Å². The summed E-state index contributed by atoms with van der Waals surface area (Å²) in [7, 11) is -1.83. The van der Waals surface area contributed by atoms with Crippen molar-refractivity contribution in [2.24, 2.45) is 5.92 Å². The lowest BCUT2D eigenvalue weighted by atomic mass is 10.1. The Labute approximate surface area is 134 Å². The summed E-state index contributed by atoms with van der Waals surface area (Å²) in [5.74, 6) is 1.29. The highest BCUT2D eigenvalue weighted by molar-refractivity contribution is 7.89. The van der Waals surface area contributed by atoms with Gasteiger partial charge in [0.1, 0.15) is 5.75 Å². The number of sulfonamides is 1. The Morgan fingerprint density at radius 2 is 1.86 bits per heavy atom. The van der Waals surface area contributed by atoms with Gasteiger partial charge in [-0.15, -0.1) is 0 Å². The average Bonchev–Trinajstić information content (AvgIpc) is 3.26. The molecule has 0 unspecified atom stereocenters. The average molecular weight is 325 g/mol. The zero-order chi connectivity index (χ0) is 16.5. The summed E-state index contributed by atoms with van der Waals surface area (Å²) in [6.07, 6.45) is 3.13. The second-order valence-corrected chi connectivity index (χ2v) is 8.16. The monoisotopic (exact) mass is 325 g/mol. The lowest BCUT2D eigenvalue weighted by Gasteiger charge is -2.25. The molecule has 2 rings (SSSR count). The number of rotatable bonds is 7. The van der Waals surface area contributed by atoms with Gasteiger partial charge >= 0.3 is 0 Å². The fraction of sp³-hybridized carbons (Fsp3) is 0.647. The van der Waals surface area contributed by atoms with E-state index in [1.165, 1.54) is 0 Å². The molecule has 0 amide bonds. The maximum atomic E-state index is 13.2. The zero-order valence-corrected chi connectivity index (χ0v) is 15.1. The molecule has 1 aromatic rings. The Kier molecular flexibility index (Phi) is 5.17. The van der Waals surface area contributed by atoms with Crippen LogP contribution < -0.4 is 4.74 Å². The molecule has 1 aliphatic rings. The van der Waals surface area contributed by atoms with E-state index in [0.29, 0.717) is 23.9 Å². The summed E-state index contributed by atoms with van der Waals surface area (Å²) in [5, 5.41) is 0. The van der Waals surface area contributed by atoms with E-state index in [-0.39, 0.29) is 0 Å². The molecule has 5 heteroatoms. The summed E-state index contributed by atoms with van der Waals surface area (Å²) in [4.78, 5) is 0.458. The van der Waals surface area contributed by atoms with Gasteiger partial charge in [-0.3, -0.25) is 0 Å². The molecule has 0 heterocycles. The van der Waals surface area contributed by atoms with Crippen molar-refractivity contribution in [1.29, 1.82) is 0 Å². The summed E-state index contributed by atoms with van der Waals surface area (Å²) in [6, 6.07) is 1.83. The molecule has 0 radical (unpaired) electrons. The molecule has 1 aliphatic carbocycles. The molecular weight excluding hydrogens is 298 g/mol. The molecule has 0 bridgehead atoms. The first kappa shape index (κ1) is 17.3. The van der Waals surface area contributed by atoms with E-state index in [1.54, 1.807) is 11.4 Å². The SMILES string of the molecule is CCCN(CC1CC1)S(=O)(=O)c1c(C)cc(OC)c(C)c1C. The first-order valence-electron chi connectivity index (χ1n) is 7.97. The molecule has 0 aromatic heterocycles. The first-order valence-corrected chi connectivity index (χ1v) is 9.41. The highest BCUT2D eigenvalue weighted by atomic mass is 32.2. The number of aryl methyl sites for hydroxylation is 1. The number of ether oxygens (including phenoxy) is 1. The highest BCUT2D eigenvalue weighted by Crippen LogP contribution is 2.35. The van der Waals surface area contributed by atoms with E-state index in [1.807, 2.05) is 33.8 Å². The minimum Gasteiger partial charge on any atom is -0.496 e. The molecule has 22 heavy (non-hydrogen) atoms. The molecule has 0 atom stereocenters. The maximum Gasteiger partial charge on any atom is 0.243 e. The molecule has 0 saturated heterocycles. The van der Waals surface area contributed by atoms with Crippen LogP contribution in [0, 0.1) is 26.7 Å². The number of methoxy groups -OCH3 is 1. The van der Waals surface area contributed by atoms with Crippen LogP contribution in [0.4, 0.5) is 0 Å². The molecule has 0 aliphatic heterocycles. The quantitative estimate of drug-likeness (QED) is 0.771. The summed E-state index contributed by atoms with van der Waals surface area (Å²) < 4.78 is 33.3. The van der Waals surface area contributed by atoms with E-state index >= 15 is 0 Å². The molecule has 1 saturated carbocycles. The van der Waals surface area contributed by atoms with Crippen LogP contribution in [0.25, 0.3) is 0 Å². The van der Waals surface area contributed by atoms with Crippen LogP contribution in [0.5, 0.6) is 5.75 Å². The molecule has 4 nitrogen and oxygen atoms in total. The molecular formula is C17H27NO3S. The van der Waals surface area contributed by atoms with E-state index in [0.717, 1.165) is 41.7 Å². The van der Waals surface area contributed by atoms with Crippen LogP contribution in [0.15, 0.2) is 11.0 Å². The van der Waals surface area contributed by atoms with Gasteiger partial charge < -0.3 is 4.74 Å². The summed E-state index contributed by atoms with van der Waals surface area (Å²) in [6.45, 7) is 8.90. The van der Waals surface area contributed by atoms with Crippen LogP contribution in [0.3, 0.4) is 0 Å². The molecule has 1 fully saturated rings. The standard InChI is InChI=1S/C17H27NO3S/c1-6-9-18(11-15-7-8-15)22(19,20)17-12(2)10-16(21-5)13(3)14(17)4/h10,15H,6-9,11H2,1-5H3. The number of nitrogens with zero attached hydrogens (tertiary/aromatic N) is 1. The minimum atomic E-state index is -3.45. The highest BCUT2D eigenvalue weighted by Gasteiger charge is 2.33. The van der Waals surface area contributed by atoms with Gasteiger partial charge in [-0.25, -0.2) is 8.42 Å². The zero-order valence-electron chi connectivity index (χ0n) is 14.3. The van der Waals surface area contributed by atoms with Crippen molar-refractivity contribution < 1.29 is 13.2 Å². The molecule has 0 spiro atoms. The van der Waals surface area contributed by atoms with E-state index in [4.69, 9.17) is 4.74 Å². The van der Waals surface area contributed by atoms with Gasteiger partial charge in [-0.2, -0.15) is 4.31 Å². The van der Waals surface area contributed by atoms with E-state index in [2.05, 4.69) is 0 Å². The van der Waals surface area contributed by atoms with Crippen molar-refractivity contribution in [3.05, 3.63) is 22.8 Å². The topological polar surface area (TPSA) is 46.6 Å². The van der Waals surface area contributed by atoms with Crippen molar-refractivity contribution in [2.45, 2.75) is 51.9 Å². The van der Waals surface area contributed by atoms with E-state index in [9.17, 15) is 8.42 Å².